The Kier molecular flexibility index (Phi) is 4.93. The largest absolute Gasteiger partial charge is 0.481 e. The molecular weight excluding hydrogens is 220 g/mol. The molecule has 17 heavy (non-hydrogen) atoms. The van der Waals surface area contributed by atoms with Crippen molar-refractivity contribution in [2.45, 2.75) is 32.7 Å². The zero-order valence-electron chi connectivity index (χ0n) is 10.8. The molecule has 1 aliphatic carbocycles. The fourth-order valence-electron chi connectivity index (χ4n) is 1.69. The van der Waals surface area contributed by atoms with Crippen LogP contribution in [0.25, 0.3) is 0 Å². The minimum Gasteiger partial charge on any atom is -0.481 e. The Hall–Kier alpha value is -1.10. The molecule has 0 saturated heterocycles. The van der Waals surface area contributed by atoms with Crippen LogP contribution in [-0.4, -0.2) is 48.1 Å². The van der Waals surface area contributed by atoms with E-state index in [0.29, 0.717) is 19.0 Å². The Bertz CT molecular complexity index is 291. The van der Waals surface area contributed by atoms with Gasteiger partial charge in [-0.15, -0.1) is 0 Å². The van der Waals surface area contributed by atoms with Gasteiger partial charge in [0, 0.05) is 12.6 Å². The maximum Gasteiger partial charge on any atom is 0.307 e. The molecule has 1 rings (SSSR count). The molecule has 1 saturated carbocycles. The Morgan fingerprint density at radius 3 is 2.53 bits per heavy atom. The number of amides is 1. The lowest BCUT2D eigenvalue weighted by Crippen LogP contribution is -2.32. The van der Waals surface area contributed by atoms with E-state index in [1.54, 1.807) is 0 Å². The summed E-state index contributed by atoms with van der Waals surface area (Å²) in [4.78, 5) is 24.3. The van der Waals surface area contributed by atoms with Crippen LogP contribution in [0.4, 0.5) is 0 Å². The van der Waals surface area contributed by atoms with Crippen LogP contribution in [0.15, 0.2) is 0 Å². The standard InChI is InChI=1S/C12H22N2O3/c1-8(2)14(3)6-4-5-13-11(15)9-7-10(9)12(16)17/h8-10H,4-7H2,1-3H3,(H,13,15)(H,16,17)/t9-,10+/m1/s1. The number of carbonyl (C=O) groups excluding carboxylic acids is 1. The second kappa shape index (κ2) is 6.00. The van der Waals surface area contributed by atoms with Crippen LogP contribution in [-0.2, 0) is 9.59 Å². The van der Waals surface area contributed by atoms with Gasteiger partial charge in [0.15, 0.2) is 0 Å². The zero-order chi connectivity index (χ0) is 13.0. The third-order valence-electron chi connectivity index (χ3n) is 3.31. The lowest BCUT2D eigenvalue weighted by atomic mass is 10.3. The van der Waals surface area contributed by atoms with Gasteiger partial charge in [-0.1, -0.05) is 0 Å². The summed E-state index contributed by atoms with van der Waals surface area (Å²) >= 11 is 0. The summed E-state index contributed by atoms with van der Waals surface area (Å²) in [6, 6.07) is 0.505. The first kappa shape index (κ1) is 14.0. The molecule has 1 aliphatic rings. The number of carboxylic acids is 1. The lowest BCUT2D eigenvalue weighted by Gasteiger charge is -2.20. The Morgan fingerprint density at radius 2 is 2.06 bits per heavy atom. The first-order chi connectivity index (χ1) is 7.93. The maximum atomic E-state index is 11.5. The highest BCUT2D eigenvalue weighted by Crippen LogP contribution is 2.38. The predicted molar refractivity (Wildman–Crippen MR) is 64.6 cm³/mol. The lowest BCUT2D eigenvalue weighted by molar-refractivity contribution is -0.140. The van der Waals surface area contributed by atoms with Gasteiger partial charge in [-0.3, -0.25) is 9.59 Å². The molecule has 2 atom stereocenters. The smallest absolute Gasteiger partial charge is 0.307 e. The Labute approximate surface area is 102 Å². The molecule has 0 bridgehead atoms. The van der Waals surface area contributed by atoms with Crippen molar-refractivity contribution in [2.75, 3.05) is 20.1 Å². The molecule has 0 aromatic heterocycles. The highest BCUT2D eigenvalue weighted by molar-refractivity contribution is 5.89. The summed E-state index contributed by atoms with van der Waals surface area (Å²) < 4.78 is 0. The number of nitrogens with one attached hydrogen (secondary N) is 1. The van der Waals surface area contributed by atoms with E-state index in [1.165, 1.54) is 0 Å². The average molecular weight is 242 g/mol. The van der Waals surface area contributed by atoms with E-state index in [2.05, 4.69) is 24.1 Å². The molecule has 0 aromatic rings. The minimum atomic E-state index is -0.857. The molecule has 1 fully saturated rings. The number of aliphatic carboxylic acids is 1. The highest BCUT2D eigenvalue weighted by atomic mass is 16.4. The van der Waals surface area contributed by atoms with Crippen molar-refractivity contribution in [3.8, 4) is 0 Å². The normalized spacial score (nSPS) is 22.9. The molecule has 0 radical (unpaired) electrons. The molecule has 0 aliphatic heterocycles. The number of carboxylic acid groups (broad SMARTS) is 1. The third-order valence-corrected chi connectivity index (χ3v) is 3.31. The Balaban J connectivity index is 2.08. The van der Waals surface area contributed by atoms with Crippen molar-refractivity contribution in [1.82, 2.24) is 10.2 Å². The van der Waals surface area contributed by atoms with E-state index >= 15 is 0 Å². The van der Waals surface area contributed by atoms with E-state index in [1.807, 2.05) is 7.05 Å². The topological polar surface area (TPSA) is 69.6 Å². The molecule has 0 aromatic carbocycles. The zero-order valence-corrected chi connectivity index (χ0v) is 10.8. The van der Waals surface area contributed by atoms with Gasteiger partial charge in [0.1, 0.15) is 0 Å². The molecule has 98 valence electrons. The maximum absolute atomic E-state index is 11.5. The number of nitrogens with zero attached hydrogens (tertiary/aromatic N) is 1. The Morgan fingerprint density at radius 1 is 1.41 bits per heavy atom. The quantitative estimate of drug-likeness (QED) is 0.640. The summed E-state index contributed by atoms with van der Waals surface area (Å²) in [6.07, 6.45) is 1.39. The van der Waals surface area contributed by atoms with Crippen molar-refractivity contribution in [3.63, 3.8) is 0 Å². The van der Waals surface area contributed by atoms with Crippen LogP contribution < -0.4 is 5.32 Å². The van der Waals surface area contributed by atoms with E-state index in [-0.39, 0.29) is 11.8 Å². The summed E-state index contributed by atoms with van der Waals surface area (Å²) in [5.41, 5.74) is 0. The van der Waals surface area contributed by atoms with Gasteiger partial charge in [0.05, 0.1) is 11.8 Å². The molecule has 5 nitrogen and oxygen atoms in total. The first-order valence-corrected chi connectivity index (χ1v) is 6.14. The van der Waals surface area contributed by atoms with Crippen LogP contribution in [0.3, 0.4) is 0 Å². The second-order valence-electron chi connectivity index (χ2n) is 5.01. The fourth-order valence-corrected chi connectivity index (χ4v) is 1.69. The van der Waals surface area contributed by atoms with Gasteiger partial charge in [-0.05, 0) is 40.3 Å². The number of hydrogen-bond acceptors (Lipinski definition) is 3. The van der Waals surface area contributed by atoms with Gasteiger partial charge in [-0.25, -0.2) is 0 Å². The van der Waals surface area contributed by atoms with Crippen molar-refractivity contribution in [1.29, 1.82) is 0 Å². The van der Waals surface area contributed by atoms with E-state index in [4.69, 9.17) is 5.11 Å². The van der Waals surface area contributed by atoms with E-state index in [0.717, 1.165) is 13.0 Å². The van der Waals surface area contributed by atoms with E-state index in [9.17, 15) is 9.59 Å². The molecule has 0 unspecified atom stereocenters. The molecule has 5 heteroatoms. The second-order valence-corrected chi connectivity index (χ2v) is 5.01. The van der Waals surface area contributed by atoms with Crippen LogP contribution >= 0.6 is 0 Å². The molecular formula is C12H22N2O3. The van der Waals surface area contributed by atoms with Gasteiger partial charge >= 0.3 is 5.97 Å². The van der Waals surface area contributed by atoms with Crippen LogP contribution in [0.1, 0.15) is 26.7 Å². The molecule has 0 heterocycles. The SMILES string of the molecule is CC(C)N(C)CCCNC(=O)[C@@H]1C[C@@H]1C(=O)O. The average Bonchev–Trinajstić information content (AvgIpc) is 3.03. The van der Waals surface area contributed by atoms with E-state index < -0.39 is 11.9 Å². The summed E-state index contributed by atoms with van der Waals surface area (Å²) in [5.74, 6) is -1.71. The predicted octanol–water partition coefficient (Wildman–Crippen LogP) is 0.554. The highest BCUT2D eigenvalue weighted by Gasteiger charge is 2.48. The van der Waals surface area contributed by atoms with Crippen LogP contribution in [0.2, 0.25) is 0 Å². The number of rotatable bonds is 7. The van der Waals surface area contributed by atoms with Crippen molar-refractivity contribution >= 4 is 11.9 Å². The van der Waals surface area contributed by atoms with Crippen molar-refractivity contribution in [2.24, 2.45) is 11.8 Å². The summed E-state index contributed by atoms with van der Waals surface area (Å²) in [7, 11) is 2.05. The molecule has 1 amide bonds. The fraction of sp³-hybridized carbons (Fsp3) is 0.833. The number of hydrogen-bond donors (Lipinski definition) is 2. The van der Waals surface area contributed by atoms with Gasteiger partial charge < -0.3 is 15.3 Å². The first-order valence-electron chi connectivity index (χ1n) is 6.14. The van der Waals surface area contributed by atoms with Gasteiger partial charge in [-0.2, -0.15) is 0 Å². The van der Waals surface area contributed by atoms with Crippen LogP contribution in [0.5, 0.6) is 0 Å². The summed E-state index contributed by atoms with van der Waals surface area (Å²) in [6.45, 7) is 5.81. The van der Waals surface area contributed by atoms with Crippen LogP contribution in [0, 0.1) is 11.8 Å². The van der Waals surface area contributed by atoms with Crippen molar-refractivity contribution in [3.05, 3.63) is 0 Å². The number of carbonyl (C=O) groups is 2. The van der Waals surface area contributed by atoms with Gasteiger partial charge in [0.25, 0.3) is 0 Å². The van der Waals surface area contributed by atoms with Gasteiger partial charge in [0.2, 0.25) is 5.91 Å². The minimum absolute atomic E-state index is 0.107. The monoisotopic (exact) mass is 242 g/mol. The molecule has 0 spiro atoms. The van der Waals surface area contributed by atoms with Crippen molar-refractivity contribution < 1.29 is 14.7 Å². The summed E-state index contributed by atoms with van der Waals surface area (Å²) in [5, 5.41) is 11.5. The molecule has 2 N–H and O–H groups in total. The third kappa shape index (κ3) is 4.34.